The molecule has 1 aromatic carbocycles. The van der Waals surface area contributed by atoms with Gasteiger partial charge in [-0.1, -0.05) is 32.9 Å². The summed E-state index contributed by atoms with van der Waals surface area (Å²) in [6.45, 7) is 7.10. The molecule has 0 spiro atoms. The fourth-order valence-corrected chi connectivity index (χ4v) is 1.47. The zero-order valence-electron chi connectivity index (χ0n) is 10.9. The summed E-state index contributed by atoms with van der Waals surface area (Å²) in [5.41, 5.74) is 6.79. The van der Waals surface area contributed by atoms with Crippen LogP contribution in [0.2, 0.25) is 0 Å². The van der Waals surface area contributed by atoms with Crippen LogP contribution in [0, 0.1) is 0 Å². The van der Waals surface area contributed by atoms with Gasteiger partial charge in [-0.15, -0.1) is 0 Å². The highest BCUT2D eigenvalue weighted by Crippen LogP contribution is 2.27. The quantitative estimate of drug-likeness (QED) is 0.796. The standard InChI is InChI=1S/C14H23NO2/c1-4-14(2,3)11-5-7-13(8-6-11)17-10-12(16)9-15/h5-8,12,16H,4,9-10,15H2,1-3H3/t12-/m0/s1. The minimum absolute atomic E-state index is 0.190. The molecule has 0 aliphatic heterocycles. The first-order chi connectivity index (χ1) is 7.99. The topological polar surface area (TPSA) is 55.5 Å². The average molecular weight is 237 g/mol. The second-order valence-corrected chi connectivity index (χ2v) is 4.96. The molecule has 0 bridgehead atoms. The van der Waals surface area contributed by atoms with Gasteiger partial charge in [0.1, 0.15) is 18.5 Å². The second-order valence-electron chi connectivity index (χ2n) is 4.96. The molecule has 0 saturated carbocycles. The first-order valence-electron chi connectivity index (χ1n) is 6.11. The Bertz CT molecular complexity index is 333. The molecule has 96 valence electrons. The molecule has 3 N–H and O–H groups in total. The maximum Gasteiger partial charge on any atom is 0.119 e. The molecular formula is C14H23NO2. The predicted molar refractivity (Wildman–Crippen MR) is 70.3 cm³/mol. The Morgan fingerprint density at radius 1 is 1.29 bits per heavy atom. The van der Waals surface area contributed by atoms with E-state index in [-0.39, 0.29) is 18.6 Å². The van der Waals surface area contributed by atoms with Gasteiger partial charge in [0.05, 0.1) is 0 Å². The molecule has 0 aliphatic rings. The van der Waals surface area contributed by atoms with E-state index in [9.17, 15) is 5.11 Å². The second kappa shape index (κ2) is 6.03. The van der Waals surface area contributed by atoms with Crippen LogP contribution >= 0.6 is 0 Å². The van der Waals surface area contributed by atoms with Crippen LogP contribution in [0.25, 0.3) is 0 Å². The Labute approximate surface area is 104 Å². The Kier molecular flexibility index (Phi) is 4.97. The van der Waals surface area contributed by atoms with Crippen molar-refractivity contribution in [2.45, 2.75) is 38.7 Å². The Hall–Kier alpha value is -1.06. The molecule has 0 aliphatic carbocycles. The zero-order valence-corrected chi connectivity index (χ0v) is 10.9. The molecule has 0 amide bonds. The molecule has 3 heteroatoms. The van der Waals surface area contributed by atoms with Gasteiger partial charge >= 0.3 is 0 Å². The lowest BCUT2D eigenvalue weighted by Crippen LogP contribution is -2.26. The third-order valence-corrected chi connectivity index (χ3v) is 3.23. The number of hydrogen-bond acceptors (Lipinski definition) is 3. The van der Waals surface area contributed by atoms with Crippen molar-refractivity contribution >= 4 is 0 Å². The monoisotopic (exact) mass is 237 g/mol. The van der Waals surface area contributed by atoms with Crippen LogP contribution in [0.15, 0.2) is 24.3 Å². The molecule has 0 heterocycles. The van der Waals surface area contributed by atoms with Crippen LogP contribution in [-0.4, -0.2) is 24.4 Å². The number of benzene rings is 1. The molecule has 0 unspecified atom stereocenters. The third-order valence-electron chi connectivity index (χ3n) is 3.23. The highest BCUT2D eigenvalue weighted by Gasteiger charge is 2.17. The first kappa shape index (κ1) is 14.0. The number of nitrogens with two attached hydrogens (primary N) is 1. The van der Waals surface area contributed by atoms with Gasteiger partial charge in [-0.25, -0.2) is 0 Å². The van der Waals surface area contributed by atoms with Crippen molar-refractivity contribution in [2.24, 2.45) is 5.73 Å². The largest absolute Gasteiger partial charge is 0.491 e. The molecule has 17 heavy (non-hydrogen) atoms. The summed E-state index contributed by atoms with van der Waals surface area (Å²) in [6, 6.07) is 8.04. The van der Waals surface area contributed by atoms with Crippen LogP contribution in [0.3, 0.4) is 0 Å². The molecule has 3 nitrogen and oxygen atoms in total. The number of ether oxygens (including phenoxy) is 1. The maximum absolute atomic E-state index is 9.29. The molecule has 0 aromatic heterocycles. The van der Waals surface area contributed by atoms with Crippen LogP contribution in [0.4, 0.5) is 0 Å². The number of rotatable bonds is 6. The Balaban J connectivity index is 2.62. The van der Waals surface area contributed by atoms with E-state index in [0.717, 1.165) is 12.2 Å². The highest BCUT2D eigenvalue weighted by molar-refractivity contribution is 5.31. The van der Waals surface area contributed by atoms with Crippen molar-refractivity contribution in [3.8, 4) is 5.75 Å². The van der Waals surface area contributed by atoms with E-state index in [1.165, 1.54) is 5.56 Å². The van der Waals surface area contributed by atoms with Gasteiger partial charge in [0, 0.05) is 6.54 Å². The predicted octanol–water partition coefficient (Wildman–Crippen LogP) is 2.07. The number of aliphatic hydroxyl groups is 1. The zero-order chi connectivity index (χ0) is 12.9. The van der Waals surface area contributed by atoms with Crippen molar-refractivity contribution in [2.75, 3.05) is 13.2 Å². The summed E-state index contributed by atoms with van der Waals surface area (Å²) >= 11 is 0. The van der Waals surface area contributed by atoms with Gasteiger partial charge in [0.15, 0.2) is 0 Å². The number of hydrogen-bond donors (Lipinski definition) is 2. The molecular weight excluding hydrogens is 214 g/mol. The Morgan fingerprint density at radius 2 is 1.88 bits per heavy atom. The van der Waals surface area contributed by atoms with Gasteiger partial charge in [-0.3, -0.25) is 0 Å². The van der Waals surface area contributed by atoms with Crippen molar-refractivity contribution in [3.63, 3.8) is 0 Å². The van der Waals surface area contributed by atoms with Crippen molar-refractivity contribution < 1.29 is 9.84 Å². The van der Waals surface area contributed by atoms with Gasteiger partial charge in [0.2, 0.25) is 0 Å². The van der Waals surface area contributed by atoms with Crippen molar-refractivity contribution in [1.82, 2.24) is 0 Å². The van der Waals surface area contributed by atoms with Gasteiger partial charge in [-0.05, 0) is 29.5 Å². The lowest BCUT2D eigenvalue weighted by atomic mass is 9.82. The normalized spacial score (nSPS) is 13.5. The fourth-order valence-electron chi connectivity index (χ4n) is 1.47. The molecule has 1 rings (SSSR count). The lowest BCUT2D eigenvalue weighted by Gasteiger charge is -2.23. The van der Waals surface area contributed by atoms with E-state index < -0.39 is 6.10 Å². The first-order valence-corrected chi connectivity index (χ1v) is 6.11. The van der Waals surface area contributed by atoms with Crippen molar-refractivity contribution in [3.05, 3.63) is 29.8 Å². The molecule has 0 fully saturated rings. The summed E-state index contributed by atoms with van der Waals surface area (Å²) in [5, 5.41) is 9.29. The summed E-state index contributed by atoms with van der Waals surface area (Å²) in [6.07, 6.45) is 0.501. The van der Waals surface area contributed by atoms with E-state index in [1.807, 2.05) is 12.1 Å². The van der Waals surface area contributed by atoms with Crippen LogP contribution < -0.4 is 10.5 Å². The van der Waals surface area contributed by atoms with E-state index in [2.05, 4.69) is 32.9 Å². The summed E-state index contributed by atoms with van der Waals surface area (Å²) in [4.78, 5) is 0. The minimum atomic E-state index is -0.596. The maximum atomic E-state index is 9.29. The van der Waals surface area contributed by atoms with E-state index >= 15 is 0 Å². The fraction of sp³-hybridized carbons (Fsp3) is 0.571. The van der Waals surface area contributed by atoms with Crippen LogP contribution in [0.5, 0.6) is 5.75 Å². The summed E-state index contributed by atoms with van der Waals surface area (Å²) in [7, 11) is 0. The lowest BCUT2D eigenvalue weighted by molar-refractivity contribution is 0.114. The summed E-state index contributed by atoms with van der Waals surface area (Å²) in [5.74, 6) is 0.771. The van der Waals surface area contributed by atoms with Crippen LogP contribution in [-0.2, 0) is 5.41 Å². The third kappa shape index (κ3) is 4.02. The summed E-state index contributed by atoms with van der Waals surface area (Å²) < 4.78 is 5.43. The highest BCUT2D eigenvalue weighted by atomic mass is 16.5. The van der Waals surface area contributed by atoms with E-state index in [0.29, 0.717) is 0 Å². The van der Waals surface area contributed by atoms with Crippen molar-refractivity contribution in [1.29, 1.82) is 0 Å². The molecule has 0 saturated heterocycles. The average Bonchev–Trinajstić information content (AvgIpc) is 2.36. The van der Waals surface area contributed by atoms with Gasteiger partial charge in [-0.2, -0.15) is 0 Å². The molecule has 1 atom stereocenters. The smallest absolute Gasteiger partial charge is 0.119 e. The van der Waals surface area contributed by atoms with E-state index in [4.69, 9.17) is 10.5 Å². The van der Waals surface area contributed by atoms with Gasteiger partial charge in [0.25, 0.3) is 0 Å². The minimum Gasteiger partial charge on any atom is -0.491 e. The molecule has 0 radical (unpaired) electrons. The number of aliphatic hydroxyl groups excluding tert-OH is 1. The van der Waals surface area contributed by atoms with Gasteiger partial charge < -0.3 is 15.6 Å². The SMILES string of the molecule is CCC(C)(C)c1ccc(OC[C@@H](O)CN)cc1. The Morgan fingerprint density at radius 3 is 2.35 bits per heavy atom. The van der Waals surface area contributed by atoms with E-state index in [1.54, 1.807) is 0 Å². The molecule has 1 aromatic rings. The van der Waals surface area contributed by atoms with Crippen LogP contribution in [0.1, 0.15) is 32.8 Å².